The lowest BCUT2D eigenvalue weighted by atomic mass is 10.0. The lowest BCUT2D eigenvalue weighted by Crippen LogP contribution is -2.12. The highest BCUT2D eigenvalue weighted by Gasteiger charge is 2.12. The maximum Gasteiger partial charge on any atom is 0.333 e. The SMILES string of the molecule is C=C(C)C(=O)OCCCCC(O)Cc1ccc(-n2nc3ccccc3n2)c(O)c1. The Labute approximate surface area is 169 Å². The molecule has 0 aliphatic heterocycles. The highest BCUT2D eigenvalue weighted by Crippen LogP contribution is 2.24. The van der Waals surface area contributed by atoms with E-state index in [1.165, 1.54) is 4.80 Å². The van der Waals surface area contributed by atoms with Crippen LogP contribution in [0.25, 0.3) is 16.7 Å². The number of phenolic OH excluding ortho intramolecular Hbond substituents is 1. The van der Waals surface area contributed by atoms with Crippen molar-refractivity contribution >= 4 is 17.0 Å². The molecule has 1 aromatic heterocycles. The van der Waals surface area contributed by atoms with Gasteiger partial charge in [0.1, 0.15) is 22.5 Å². The monoisotopic (exact) mass is 395 g/mol. The van der Waals surface area contributed by atoms with Crippen LogP contribution in [0.1, 0.15) is 31.7 Å². The van der Waals surface area contributed by atoms with Gasteiger partial charge in [0.2, 0.25) is 0 Å². The lowest BCUT2D eigenvalue weighted by Gasteiger charge is -2.12. The first-order valence-corrected chi connectivity index (χ1v) is 9.59. The van der Waals surface area contributed by atoms with Crippen LogP contribution in [0.2, 0.25) is 0 Å². The van der Waals surface area contributed by atoms with Crippen LogP contribution in [0.15, 0.2) is 54.6 Å². The molecule has 0 bridgehead atoms. The van der Waals surface area contributed by atoms with E-state index in [0.717, 1.165) is 23.0 Å². The second kappa shape index (κ2) is 9.34. The minimum atomic E-state index is -0.539. The number of fused-ring (bicyclic) bond motifs is 1. The van der Waals surface area contributed by atoms with Gasteiger partial charge in [-0.15, -0.1) is 15.0 Å². The minimum Gasteiger partial charge on any atom is -0.506 e. The zero-order valence-electron chi connectivity index (χ0n) is 16.4. The van der Waals surface area contributed by atoms with Gasteiger partial charge in [0, 0.05) is 5.57 Å². The average Bonchev–Trinajstić information content (AvgIpc) is 3.11. The predicted octanol–water partition coefficient (Wildman–Crippen LogP) is 3.32. The lowest BCUT2D eigenvalue weighted by molar-refractivity contribution is -0.139. The van der Waals surface area contributed by atoms with Gasteiger partial charge in [-0.2, -0.15) is 0 Å². The Kier molecular flexibility index (Phi) is 6.61. The molecular weight excluding hydrogens is 370 g/mol. The van der Waals surface area contributed by atoms with Gasteiger partial charge in [-0.3, -0.25) is 0 Å². The molecule has 0 fully saturated rings. The third kappa shape index (κ3) is 5.42. The van der Waals surface area contributed by atoms with E-state index in [1.54, 1.807) is 19.1 Å². The van der Waals surface area contributed by atoms with Crippen molar-refractivity contribution in [1.82, 2.24) is 15.0 Å². The number of carbonyl (C=O) groups excluding carboxylic acids is 1. The van der Waals surface area contributed by atoms with Gasteiger partial charge >= 0.3 is 5.97 Å². The van der Waals surface area contributed by atoms with Gasteiger partial charge in [0.05, 0.1) is 12.7 Å². The topological polar surface area (TPSA) is 97.5 Å². The van der Waals surface area contributed by atoms with Gasteiger partial charge < -0.3 is 14.9 Å². The third-order valence-electron chi connectivity index (χ3n) is 4.53. The van der Waals surface area contributed by atoms with E-state index in [2.05, 4.69) is 16.8 Å². The fourth-order valence-corrected chi connectivity index (χ4v) is 2.98. The zero-order valence-corrected chi connectivity index (χ0v) is 16.4. The van der Waals surface area contributed by atoms with E-state index in [1.807, 2.05) is 30.3 Å². The van der Waals surface area contributed by atoms with E-state index in [-0.39, 0.29) is 11.7 Å². The molecular formula is C22H25N3O4. The van der Waals surface area contributed by atoms with Crippen molar-refractivity contribution in [2.24, 2.45) is 0 Å². The third-order valence-corrected chi connectivity index (χ3v) is 4.53. The summed E-state index contributed by atoms with van der Waals surface area (Å²) in [4.78, 5) is 12.7. The fraction of sp³-hybridized carbons (Fsp3) is 0.318. The molecule has 0 radical (unpaired) electrons. The number of hydrogen-bond donors (Lipinski definition) is 2. The van der Waals surface area contributed by atoms with Crippen LogP contribution < -0.4 is 0 Å². The van der Waals surface area contributed by atoms with Crippen LogP contribution in [-0.4, -0.2) is 43.9 Å². The van der Waals surface area contributed by atoms with Crippen molar-refractivity contribution in [2.75, 3.05) is 6.61 Å². The summed E-state index contributed by atoms with van der Waals surface area (Å²) in [7, 11) is 0. The summed E-state index contributed by atoms with van der Waals surface area (Å²) in [5, 5.41) is 29.4. The first-order chi connectivity index (χ1) is 13.9. The molecule has 0 amide bonds. The standard InChI is InChI=1S/C22H25N3O4/c1-15(2)22(28)29-12-6-5-7-17(26)13-16-10-11-20(21(27)14-16)25-23-18-8-3-4-9-19(18)24-25/h3-4,8-11,14,17,26-27H,1,5-7,12-13H2,2H3. The average molecular weight is 395 g/mol. The number of unbranched alkanes of at least 4 members (excludes halogenated alkanes) is 1. The Morgan fingerprint density at radius 3 is 2.48 bits per heavy atom. The summed E-state index contributed by atoms with van der Waals surface area (Å²) in [6.07, 6.45) is 1.88. The van der Waals surface area contributed by atoms with Crippen molar-refractivity contribution in [2.45, 2.75) is 38.7 Å². The Bertz CT molecular complexity index is 979. The second-order valence-electron chi connectivity index (χ2n) is 7.07. The van der Waals surface area contributed by atoms with Gasteiger partial charge in [0.25, 0.3) is 0 Å². The van der Waals surface area contributed by atoms with Gasteiger partial charge in [0.15, 0.2) is 0 Å². The van der Waals surface area contributed by atoms with Gasteiger partial charge in [-0.25, -0.2) is 4.79 Å². The number of aliphatic hydroxyl groups is 1. The molecule has 29 heavy (non-hydrogen) atoms. The number of esters is 1. The molecule has 2 aromatic carbocycles. The van der Waals surface area contributed by atoms with Crippen LogP contribution in [-0.2, 0) is 16.0 Å². The number of hydrogen-bond acceptors (Lipinski definition) is 6. The van der Waals surface area contributed by atoms with Gasteiger partial charge in [-0.05, 0) is 62.4 Å². The van der Waals surface area contributed by atoms with Crippen molar-refractivity contribution in [3.63, 3.8) is 0 Å². The summed E-state index contributed by atoms with van der Waals surface area (Å²) in [6, 6.07) is 12.7. The first-order valence-electron chi connectivity index (χ1n) is 9.59. The fourth-order valence-electron chi connectivity index (χ4n) is 2.98. The van der Waals surface area contributed by atoms with Crippen LogP contribution in [0.3, 0.4) is 0 Å². The van der Waals surface area contributed by atoms with Gasteiger partial charge in [-0.1, -0.05) is 24.8 Å². The van der Waals surface area contributed by atoms with E-state index in [0.29, 0.717) is 37.1 Å². The van der Waals surface area contributed by atoms with E-state index in [9.17, 15) is 15.0 Å². The minimum absolute atomic E-state index is 0.0571. The highest BCUT2D eigenvalue weighted by molar-refractivity contribution is 5.86. The molecule has 7 heteroatoms. The van der Waals surface area contributed by atoms with Crippen molar-refractivity contribution in [3.8, 4) is 11.4 Å². The molecule has 152 valence electrons. The number of carbonyl (C=O) groups is 1. The predicted molar refractivity (Wildman–Crippen MR) is 110 cm³/mol. The van der Waals surface area contributed by atoms with Crippen LogP contribution in [0.4, 0.5) is 0 Å². The van der Waals surface area contributed by atoms with Crippen molar-refractivity contribution < 1.29 is 19.7 Å². The van der Waals surface area contributed by atoms with Crippen LogP contribution >= 0.6 is 0 Å². The number of aliphatic hydroxyl groups excluding tert-OH is 1. The molecule has 0 aliphatic rings. The molecule has 1 unspecified atom stereocenters. The quantitative estimate of drug-likeness (QED) is 0.328. The number of nitrogens with zero attached hydrogens (tertiary/aromatic N) is 3. The zero-order chi connectivity index (χ0) is 20.8. The summed E-state index contributed by atoms with van der Waals surface area (Å²) in [6.45, 7) is 5.46. The Hall–Kier alpha value is -3.19. The maximum absolute atomic E-state index is 11.3. The van der Waals surface area contributed by atoms with E-state index in [4.69, 9.17) is 4.74 Å². The Morgan fingerprint density at radius 2 is 1.86 bits per heavy atom. The van der Waals surface area contributed by atoms with Crippen LogP contribution in [0, 0.1) is 0 Å². The normalized spacial score (nSPS) is 12.1. The number of aromatic hydroxyl groups is 1. The molecule has 1 heterocycles. The largest absolute Gasteiger partial charge is 0.506 e. The number of phenols is 1. The summed E-state index contributed by atoms with van der Waals surface area (Å²) in [5.41, 5.74) is 3.19. The van der Waals surface area contributed by atoms with Crippen molar-refractivity contribution in [1.29, 1.82) is 0 Å². The number of ether oxygens (including phenoxy) is 1. The van der Waals surface area contributed by atoms with E-state index >= 15 is 0 Å². The summed E-state index contributed by atoms with van der Waals surface area (Å²) >= 11 is 0. The second-order valence-corrected chi connectivity index (χ2v) is 7.07. The first kappa shape index (κ1) is 20.5. The summed E-state index contributed by atoms with van der Waals surface area (Å²) < 4.78 is 5.03. The Balaban J connectivity index is 1.52. The van der Waals surface area contributed by atoms with Crippen molar-refractivity contribution in [3.05, 3.63) is 60.2 Å². The smallest absolute Gasteiger partial charge is 0.333 e. The Morgan fingerprint density at radius 1 is 1.17 bits per heavy atom. The number of benzene rings is 2. The molecule has 2 N–H and O–H groups in total. The molecule has 0 saturated heterocycles. The highest BCUT2D eigenvalue weighted by atomic mass is 16.5. The molecule has 0 spiro atoms. The summed E-state index contributed by atoms with van der Waals surface area (Å²) in [5.74, 6) is -0.331. The maximum atomic E-state index is 11.3. The molecule has 3 rings (SSSR count). The molecule has 0 aliphatic carbocycles. The number of rotatable bonds is 9. The number of aromatic nitrogens is 3. The molecule has 3 aromatic rings. The molecule has 1 atom stereocenters. The molecule has 0 saturated carbocycles. The molecule has 7 nitrogen and oxygen atoms in total. The van der Waals surface area contributed by atoms with E-state index < -0.39 is 6.10 Å². The van der Waals surface area contributed by atoms with Crippen LogP contribution in [0.5, 0.6) is 5.75 Å².